The van der Waals surface area contributed by atoms with Crippen molar-refractivity contribution in [2.75, 3.05) is 22.5 Å². The zero-order chi connectivity index (χ0) is 19.9. The Hall–Kier alpha value is -3.60. The first-order valence-corrected chi connectivity index (χ1v) is 9.09. The fourth-order valence-corrected chi connectivity index (χ4v) is 2.81. The quantitative estimate of drug-likeness (QED) is 0.591. The Morgan fingerprint density at radius 2 is 1.50 bits per heavy atom. The van der Waals surface area contributed by atoms with E-state index in [2.05, 4.69) is 16.0 Å². The van der Waals surface area contributed by atoms with E-state index in [4.69, 9.17) is 0 Å². The van der Waals surface area contributed by atoms with E-state index in [1.54, 1.807) is 24.3 Å². The number of anilines is 3. The first kappa shape index (κ1) is 19.2. The minimum atomic E-state index is -0.274. The number of para-hydroxylation sites is 2. The van der Waals surface area contributed by atoms with Crippen molar-refractivity contribution in [1.29, 1.82) is 0 Å². The third-order valence-corrected chi connectivity index (χ3v) is 4.31. The Balaban J connectivity index is 1.66. The second-order valence-electron chi connectivity index (χ2n) is 6.59. The lowest BCUT2D eigenvalue weighted by Crippen LogP contribution is -2.24. The molecule has 0 fully saturated rings. The highest BCUT2D eigenvalue weighted by Crippen LogP contribution is 2.18. The number of hydrogen-bond acceptors (Lipinski definition) is 3. The van der Waals surface area contributed by atoms with Gasteiger partial charge in [-0.25, -0.2) is 0 Å². The van der Waals surface area contributed by atoms with Crippen LogP contribution in [0.3, 0.4) is 0 Å². The fraction of sp³-hybridized carbons (Fsp3) is 0.130. The van der Waals surface area contributed by atoms with Gasteiger partial charge in [-0.15, -0.1) is 0 Å². The maximum absolute atomic E-state index is 12.6. The average molecular weight is 373 g/mol. The highest BCUT2D eigenvalue weighted by molar-refractivity contribution is 6.10. The normalized spacial score (nSPS) is 10.2. The first-order valence-electron chi connectivity index (χ1n) is 9.09. The summed E-state index contributed by atoms with van der Waals surface area (Å²) >= 11 is 0. The summed E-state index contributed by atoms with van der Waals surface area (Å²) in [7, 11) is 0. The van der Waals surface area contributed by atoms with Gasteiger partial charge in [0.2, 0.25) is 5.91 Å². The van der Waals surface area contributed by atoms with Crippen molar-refractivity contribution < 1.29 is 9.59 Å². The zero-order valence-electron chi connectivity index (χ0n) is 16.0. The molecule has 3 rings (SSSR count). The number of carbonyl (C=O) groups excluding carboxylic acids is 2. The van der Waals surface area contributed by atoms with Gasteiger partial charge in [0.15, 0.2) is 0 Å². The van der Waals surface area contributed by atoms with Crippen molar-refractivity contribution in [3.05, 3.63) is 89.5 Å². The average Bonchev–Trinajstić information content (AvgIpc) is 2.70. The summed E-state index contributed by atoms with van der Waals surface area (Å²) in [5.74, 6) is -0.495. The molecule has 0 aliphatic heterocycles. The van der Waals surface area contributed by atoms with Gasteiger partial charge in [0.25, 0.3) is 5.91 Å². The van der Waals surface area contributed by atoms with Crippen LogP contribution in [0.25, 0.3) is 0 Å². The molecule has 3 N–H and O–H groups in total. The van der Waals surface area contributed by atoms with Crippen molar-refractivity contribution in [3.63, 3.8) is 0 Å². The highest BCUT2D eigenvalue weighted by Gasteiger charge is 2.13. The SMILES string of the molecule is Cc1ccc(C)c(NCC(=O)Nc2ccccc2C(=O)Nc2ccccc2)c1. The molecule has 3 aromatic rings. The van der Waals surface area contributed by atoms with E-state index in [1.165, 1.54) is 0 Å². The molecule has 0 heterocycles. The van der Waals surface area contributed by atoms with E-state index in [0.717, 1.165) is 16.8 Å². The summed E-state index contributed by atoms with van der Waals surface area (Å²) in [6, 6.07) is 22.2. The minimum Gasteiger partial charge on any atom is -0.376 e. The molecule has 0 radical (unpaired) electrons. The topological polar surface area (TPSA) is 70.2 Å². The lowest BCUT2D eigenvalue weighted by Gasteiger charge is -2.13. The van der Waals surface area contributed by atoms with Gasteiger partial charge >= 0.3 is 0 Å². The molecule has 5 heteroatoms. The Morgan fingerprint density at radius 1 is 0.786 bits per heavy atom. The van der Waals surface area contributed by atoms with Gasteiger partial charge in [-0.1, -0.05) is 42.5 Å². The molecule has 0 bridgehead atoms. The van der Waals surface area contributed by atoms with E-state index in [0.29, 0.717) is 16.9 Å². The largest absolute Gasteiger partial charge is 0.376 e. The van der Waals surface area contributed by atoms with Crippen molar-refractivity contribution >= 4 is 28.9 Å². The predicted molar refractivity (Wildman–Crippen MR) is 114 cm³/mol. The lowest BCUT2D eigenvalue weighted by atomic mass is 10.1. The summed E-state index contributed by atoms with van der Waals surface area (Å²) < 4.78 is 0. The minimum absolute atomic E-state index is 0.110. The lowest BCUT2D eigenvalue weighted by molar-refractivity contribution is -0.114. The van der Waals surface area contributed by atoms with Gasteiger partial charge < -0.3 is 16.0 Å². The molecule has 0 spiro atoms. The number of benzene rings is 3. The monoisotopic (exact) mass is 373 g/mol. The fourth-order valence-electron chi connectivity index (χ4n) is 2.81. The molecule has 0 aliphatic rings. The molecule has 3 aromatic carbocycles. The third-order valence-electron chi connectivity index (χ3n) is 4.31. The van der Waals surface area contributed by atoms with Crippen molar-refractivity contribution in [2.24, 2.45) is 0 Å². The van der Waals surface area contributed by atoms with Crippen LogP contribution in [0, 0.1) is 13.8 Å². The molecular formula is C23H23N3O2. The molecule has 0 atom stereocenters. The summed E-state index contributed by atoms with van der Waals surface area (Å²) in [5.41, 5.74) is 4.70. The summed E-state index contributed by atoms with van der Waals surface area (Å²) in [6.45, 7) is 4.11. The zero-order valence-corrected chi connectivity index (χ0v) is 16.0. The highest BCUT2D eigenvalue weighted by atomic mass is 16.2. The van der Waals surface area contributed by atoms with Crippen LogP contribution in [0.2, 0.25) is 0 Å². The van der Waals surface area contributed by atoms with Gasteiger partial charge in [-0.05, 0) is 55.3 Å². The molecule has 0 aliphatic carbocycles. The molecule has 0 aromatic heterocycles. The second-order valence-corrected chi connectivity index (χ2v) is 6.59. The van der Waals surface area contributed by atoms with Crippen LogP contribution in [-0.4, -0.2) is 18.4 Å². The Morgan fingerprint density at radius 3 is 2.29 bits per heavy atom. The van der Waals surface area contributed by atoms with Gasteiger partial charge in [0.05, 0.1) is 17.8 Å². The molecule has 0 saturated heterocycles. The van der Waals surface area contributed by atoms with Crippen LogP contribution >= 0.6 is 0 Å². The Bertz CT molecular complexity index is 984. The van der Waals surface area contributed by atoms with Crippen molar-refractivity contribution in [1.82, 2.24) is 0 Å². The van der Waals surface area contributed by atoms with Gasteiger partial charge in [-0.2, -0.15) is 0 Å². The number of rotatable bonds is 6. The van der Waals surface area contributed by atoms with Crippen LogP contribution in [0.4, 0.5) is 17.1 Å². The molecular weight excluding hydrogens is 350 g/mol. The first-order chi connectivity index (χ1) is 13.5. The van der Waals surface area contributed by atoms with Crippen LogP contribution in [0.1, 0.15) is 21.5 Å². The third kappa shape index (κ3) is 4.98. The molecule has 0 saturated carbocycles. The van der Waals surface area contributed by atoms with Crippen molar-refractivity contribution in [2.45, 2.75) is 13.8 Å². The van der Waals surface area contributed by atoms with Gasteiger partial charge in [0, 0.05) is 11.4 Å². The second kappa shape index (κ2) is 8.86. The molecule has 28 heavy (non-hydrogen) atoms. The standard InChI is InChI=1S/C23H23N3O2/c1-16-12-13-17(2)21(14-16)24-15-22(27)26-20-11-7-6-10-19(20)23(28)25-18-8-4-3-5-9-18/h3-14,24H,15H2,1-2H3,(H,25,28)(H,26,27). The van der Waals surface area contributed by atoms with E-state index < -0.39 is 0 Å². The maximum atomic E-state index is 12.6. The summed E-state index contributed by atoms with van der Waals surface area (Å²) in [5, 5.41) is 8.81. The van der Waals surface area contributed by atoms with E-state index in [-0.39, 0.29) is 18.4 Å². The molecule has 0 unspecified atom stereocenters. The summed E-state index contributed by atoms with van der Waals surface area (Å²) in [6.07, 6.45) is 0. The van der Waals surface area contributed by atoms with Crippen LogP contribution in [0.5, 0.6) is 0 Å². The number of amides is 2. The van der Waals surface area contributed by atoms with Crippen LogP contribution in [0.15, 0.2) is 72.8 Å². The molecule has 5 nitrogen and oxygen atoms in total. The maximum Gasteiger partial charge on any atom is 0.257 e. The smallest absolute Gasteiger partial charge is 0.257 e. The van der Waals surface area contributed by atoms with E-state index >= 15 is 0 Å². The number of nitrogens with one attached hydrogen (secondary N) is 3. The van der Waals surface area contributed by atoms with Crippen LogP contribution in [-0.2, 0) is 4.79 Å². The number of carbonyl (C=O) groups is 2. The summed E-state index contributed by atoms with van der Waals surface area (Å²) in [4.78, 5) is 25.0. The number of aryl methyl sites for hydroxylation is 2. The van der Waals surface area contributed by atoms with Gasteiger partial charge in [0.1, 0.15) is 0 Å². The Kier molecular flexibility index (Phi) is 6.07. The molecule has 142 valence electrons. The van der Waals surface area contributed by atoms with E-state index in [9.17, 15) is 9.59 Å². The predicted octanol–water partition coefficient (Wildman–Crippen LogP) is 4.61. The Labute approximate surface area is 164 Å². The van der Waals surface area contributed by atoms with Crippen molar-refractivity contribution in [3.8, 4) is 0 Å². The number of hydrogen-bond donors (Lipinski definition) is 3. The van der Waals surface area contributed by atoms with Gasteiger partial charge in [-0.3, -0.25) is 9.59 Å². The molecule has 2 amide bonds. The van der Waals surface area contributed by atoms with Crippen LogP contribution < -0.4 is 16.0 Å². The van der Waals surface area contributed by atoms with E-state index in [1.807, 2.05) is 62.4 Å².